The van der Waals surface area contributed by atoms with Crippen LogP contribution in [0.25, 0.3) is 0 Å². The number of pyridine rings is 1. The Labute approximate surface area is 135 Å². The summed E-state index contributed by atoms with van der Waals surface area (Å²) < 4.78 is 43.3. The van der Waals surface area contributed by atoms with Crippen molar-refractivity contribution in [2.75, 3.05) is 32.8 Å². The normalized spacial score (nSPS) is 26.1. The van der Waals surface area contributed by atoms with Crippen LogP contribution in [0.2, 0.25) is 0 Å². The van der Waals surface area contributed by atoms with Gasteiger partial charge in [-0.3, -0.25) is 9.69 Å². The fourth-order valence-corrected chi connectivity index (χ4v) is 2.79. The van der Waals surface area contributed by atoms with Crippen LogP contribution in [-0.2, 0) is 10.9 Å². The molecule has 2 atom stereocenters. The van der Waals surface area contributed by atoms with Gasteiger partial charge in [-0.1, -0.05) is 0 Å². The maximum Gasteiger partial charge on any atom is 0.431 e. The molecule has 0 amide bonds. The number of hydrogen-bond donors (Lipinski definition) is 2. The highest BCUT2D eigenvalue weighted by Gasteiger charge is 2.35. The minimum absolute atomic E-state index is 0. The maximum atomic E-state index is 12.5. The number of rotatable bonds is 1. The van der Waals surface area contributed by atoms with Crippen LogP contribution in [0.15, 0.2) is 16.9 Å². The molecule has 0 aliphatic carbocycles. The first-order chi connectivity index (χ1) is 9.95. The SMILES string of the molecule is Br.O=c1[nH]c(C(F)(F)F)ccc1[C@@H]1CN2CCNC[C@H]2CO1. The van der Waals surface area contributed by atoms with Gasteiger partial charge in [0, 0.05) is 37.8 Å². The van der Waals surface area contributed by atoms with E-state index in [4.69, 9.17) is 4.74 Å². The third-order valence-corrected chi connectivity index (χ3v) is 3.95. The smallest absolute Gasteiger partial charge is 0.370 e. The minimum atomic E-state index is -4.55. The molecule has 0 aromatic carbocycles. The second kappa shape index (κ2) is 6.69. The average molecular weight is 384 g/mol. The van der Waals surface area contributed by atoms with Crippen molar-refractivity contribution in [3.05, 3.63) is 33.7 Å². The Bertz CT molecular complexity index is 578. The highest BCUT2D eigenvalue weighted by atomic mass is 79.9. The van der Waals surface area contributed by atoms with E-state index in [-0.39, 0.29) is 28.6 Å². The summed E-state index contributed by atoms with van der Waals surface area (Å²) in [7, 11) is 0. The second-order valence-corrected chi connectivity index (χ2v) is 5.33. The molecule has 2 aliphatic rings. The van der Waals surface area contributed by atoms with Crippen LogP contribution >= 0.6 is 17.0 Å². The quantitative estimate of drug-likeness (QED) is 0.767. The number of ether oxygens (including phenoxy) is 1. The highest BCUT2D eigenvalue weighted by molar-refractivity contribution is 8.93. The van der Waals surface area contributed by atoms with Crippen LogP contribution in [0.5, 0.6) is 0 Å². The van der Waals surface area contributed by atoms with Crippen molar-refractivity contribution in [3.8, 4) is 0 Å². The summed E-state index contributed by atoms with van der Waals surface area (Å²) in [4.78, 5) is 16.0. The Hall–Kier alpha value is -0.900. The van der Waals surface area contributed by atoms with Crippen molar-refractivity contribution >= 4 is 17.0 Å². The molecule has 9 heteroatoms. The fourth-order valence-electron chi connectivity index (χ4n) is 2.79. The Balaban J connectivity index is 0.00000176. The number of halogens is 4. The molecule has 0 radical (unpaired) electrons. The number of fused-ring (bicyclic) bond motifs is 1. The van der Waals surface area contributed by atoms with Gasteiger partial charge < -0.3 is 15.0 Å². The lowest BCUT2D eigenvalue weighted by molar-refractivity contribution is -0.141. The molecule has 0 spiro atoms. The molecule has 3 heterocycles. The van der Waals surface area contributed by atoms with Crippen molar-refractivity contribution in [1.82, 2.24) is 15.2 Å². The number of nitrogens with one attached hydrogen (secondary N) is 2. The zero-order chi connectivity index (χ0) is 15.0. The highest BCUT2D eigenvalue weighted by Crippen LogP contribution is 2.28. The predicted molar refractivity (Wildman–Crippen MR) is 79.3 cm³/mol. The summed E-state index contributed by atoms with van der Waals surface area (Å²) in [5, 5.41) is 3.26. The number of aromatic amines is 1. The molecular formula is C13H17BrF3N3O2. The van der Waals surface area contributed by atoms with Gasteiger partial charge in [-0.2, -0.15) is 13.2 Å². The number of H-pyrrole nitrogens is 1. The van der Waals surface area contributed by atoms with Gasteiger partial charge in [0.25, 0.3) is 5.56 Å². The molecule has 22 heavy (non-hydrogen) atoms. The fraction of sp³-hybridized carbons (Fsp3) is 0.615. The van der Waals surface area contributed by atoms with Crippen molar-refractivity contribution in [1.29, 1.82) is 0 Å². The molecule has 2 saturated heterocycles. The van der Waals surface area contributed by atoms with E-state index >= 15 is 0 Å². The lowest BCUT2D eigenvalue weighted by Gasteiger charge is -2.42. The average Bonchev–Trinajstić information content (AvgIpc) is 2.45. The number of nitrogens with zero attached hydrogens (tertiary/aromatic N) is 1. The minimum Gasteiger partial charge on any atom is -0.370 e. The van der Waals surface area contributed by atoms with Crippen LogP contribution in [0.1, 0.15) is 17.4 Å². The number of alkyl halides is 3. The van der Waals surface area contributed by atoms with Crippen LogP contribution in [0.3, 0.4) is 0 Å². The molecule has 0 unspecified atom stereocenters. The molecule has 124 valence electrons. The molecule has 2 N–H and O–H groups in total. The predicted octanol–water partition coefficient (Wildman–Crippen LogP) is 1.32. The van der Waals surface area contributed by atoms with Gasteiger partial charge in [0.15, 0.2) is 0 Å². The van der Waals surface area contributed by atoms with Crippen LogP contribution in [-0.4, -0.2) is 48.7 Å². The lowest BCUT2D eigenvalue weighted by atomic mass is 10.1. The Morgan fingerprint density at radius 2 is 2.09 bits per heavy atom. The number of aromatic nitrogens is 1. The van der Waals surface area contributed by atoms with Crippen molar-refractivity contribution < 1.29 is 17.9 Å². The van der Waals surface area contributed by atoms with Crippen LogP contribution in [0.4, 0.5) is 13.2 Å². The molecule has 0 bridgehead atoms. The summed E-state index contributed by atoms with van der Waals surface area (Å²) in [6.45, 7) is 3.55. The van der Waals surface area contributed by atoms with E-state index in [1.807, 2.05) is 4.98 Å². The van der Waals surface area contributed by atoms with Gasteiger partial charge in [0.05, 0.1) is 6.61 Å². The first-order valence-corrected chi connectivity index (χ1v) is 6.82. The van der Waals surface area contributed by atoms with Crippen LogP contribution in [0, 0.1) is 0 Å². The molecule has 0 saturated carbocycles. The third-order valence-electron chi connectivity index (χ3n) is 3.95. The Morgan fingerprint density at radius 1 is 1.32 bits per heavy atom. The summed E-state index contributed by atoms with van der Waals surface area (Å²) in [6.07, 6.45) is -5.03. The van der Waals surface area contributed by atoms with Gasteiger partial charge in [0.2, 0.25) is 0 Å². The van der Waals surface area contributed by atoms with E-state index in [1.54, 1.807) is 0 Å². The topological polar surface area (TPSA) is 57.4 Å². The zero-order valence-electron chi connectivity index (χ0n) is 11.7. The Morgan fingerprint density at radius 3 is 2.77 bits per heavy atom. The summed E-state index contributed by atoms with van der Waals surface area (Å²) >= 11 is 0. The number of morpholine rings is 1. The first-order valence-electron chi connectivity index (χ1n) is 6.82. The molecular weight excluding hydrogens is 367 g/mol. The molecule has 5 nitrogen and oxygen atoms in total. The van der Waals surface area contributed by atoms with Gasteiger partial charge >= 0.3 is 6.18 Å². The van der Waals surface area contributed by atoms with Crippen molar-refractivity contribution in [2.45, 2.75) is 18.3 Å². The van der Waals surface area contributed by atoms with Crippen LogP contribution < -0.4 is 10.9 Å². The van der Waals surface area contributed by atoms with Crippen molar-refractivity contribution in [3.63, 3.8) is 0 Å². The molecule has 1 aromatic heterocycles. The maximum absolute atomic E-state index is 12.5. The third kappa shape index (κ3) is 3.53. The van der Waals surface area contributed by atoms with Gasteiger partial charge in [-0.05, 0) is 12.1 Å². The molecule has 2 fully saturated rings. The summed E-state index contributed by atoms with van der Waals surface area (Å²) in [5.41, 5.74) is -1.52. The number of hydrogen-bond acceptors (Lipinski definition) is 4. The summed E-state index contributed by atoms with van der Waals surface area (Å²) in [5.74, 6) is 0. The van der Waals surface area contributed by atoms with E-state index in [9.17, 15) is 18.0 Å². The zero-order valence-corrected chi connectivity index (χ0v) is 13.4. The summed E-state index contributed by atoms with van der Waals surface area (Å²) in [6, 6.07) is 2.38. The second-order valence-electron chi connectivity index (χ2n) is 5.33. The van der Waals surface area contributed by atoms with Gasteiger partial charge in [0.1, 0.15) is 11.8 Å². The Kier molecular flexibility index (Phi) is 5.31. The monoisotopic (exact) mass is 383 g/mol. The van der Waals surface area contributed by atoms with E-state index in [1.165, 1.54) is 6.07 Å². The van der Waals surface area contributed by atoms with Crippen molar-refractivity contribution in [2.24, 2.45) is 0 Å². The molecule has 2 aliphatic heterocycles. The van der Waals surface area contributed by atoms with E-state index in [0.717, 1.165) is 25.7 Å². The van der Waals surface area contributed by atoms with E-state index in [2.05, 4.69) is 10.2 Å². The molecule has 3 rings (SSSR count). The molecule has 1 aromatic rings. The first kappa shape index (κ1) is 17.5. The van der Waals surface area contributed by atoms with Gasteiger partial charge in [-0.25, -0.2) is 0 Å². The standard InChI is InChI=1S/C13H16F3N3O2.BrH/c14-13(15,16)11-2-1-9(12(20)18-11)10-6-19-4-3-17-5-8(19)7-21-10;/h1-2,8,10,17H,3-7H2,(H,18,20);1H/t8-,10-;/m0./s1. The van der Waals surface area contributed by atoms with E-state index < -0.39 is 23.5 Å². The largest absolute Gasteiger partial charge is 0.431 e. The van der Waals surface area contributed by atoms with Gasteiger partial charge in [-0.15, -0.1) is 17.0 Å². The number of piperazine rings is 1. The lowest BCUT2D eigenvalue weighted by Crippen LogP contribution is -2.57. The van der Waals surface area contributed by atoms with E-state index in [0.29, 0.717) is 13.2 Å².